The molecule has 1 saturated heterocycles. The number of hydrogen-bond acceptors (Lipinski definition) is 13. The fraction of sp³-hybridized carbons (Fsp3) is 0.484. The number of carbonyl (C=O) groups is 5. The van der Waals surface area contributed by atoms with E-state index in [-0.39, 0.29) is 75.8 Å². The molecule has 0 radical (unpaired) electrons. The minimum atomic E-state index is -1.02. The topological polar surface area (TPSA) is 207 Å². The second-order valence-electron chi connectivity index (χ2n) is 11.6. The smallest absolute Gasteiger partial charge is 0.337 e. The van der Waals surface area contributed by atoms with Gasteiger partial charge in [-0.05, 0) is 33.7 Å². The van der Waals surface area contributed by atoms with E-state index < -0.39 is 66.9 Å². The fourth-order valence-electron chi connectivity index (χ4n) is 7.45. The third-order valence-electron chi connectivity index (χ3n) is 9.49. The van der Waals surface area contributed by atoms with Gasteiger partial charge in [-0.25, -0.2) is 4.79 Å². The zero-order valence-corrected chi connectivity index (χ0v) is 25.5. The first-order valence-electron chi connectivity index (χ1n) is 14.4. The molecule has 1 fully saturated rings. The first-order valence-corrected chi connectivity index (χ1v) is 14.4. The second kappa shape index (κ2) is 11.8. The molecular weight excluding hydrogens is 588 g/mol. The van der Waals surface area contributed by atoms with E-state index in [0.29, 0.717) is 5.57 Å². The maximum atomic E-state index is 13.9. The van der Waals surface area contributed by atoms with Crippen molar-refractivity contribution < 1.29 is 48.8 Å². The van der Waals surface area contributed by atoms with Gasteiger partial charge in [0.2, 0.25) is 11.6 Å². The molecule has 1 aromatic carbocycles. The van der Waals surface area contributed by atoms with E-state index >= 15 is 0 Å². The standard InChI is InChI=1S/C31H34N4O10/c1-12-17(10-36)27(41)23-16(29(12)45-22(39)11-37)7-19-25-24-15(26(40)13(2)30(44-5)28(24)42)6-18(34(25)4)20(8-32)35(19)21(23)9-33-31(43)14(3)38/h18-21,25,36-37,41H,6-7,9-11H2,1-5H3,(H,33,43)/t18-,19+,20+,21+,25?/m1/s1. The van der Waals surface area contributed by atoms with Crippen LogP contribution >= 0.6 is 0 Å². The minimum Gasteiger partial charge on any atom is -0.507 e. The molecule has 0 aromatic heterocycles. The summed E-state index contributed by atoms with van der Waals surface area (Å²) in [6.07, 6.45) is 0.0625. The van der Waals surface area contributed by atoms with Gasteiger partial charge in [-0.3, -0.25) is 29.0 Å². The number of fused-ring (bicyclic) bond motifs is 6. The molecule has 2 bridgehead atoms. The number of amides is 1. The third kappa shape index (κ3) is 4.74. The zero-order chi connectivity index (χ0) is 33.1. The van der Waals surface area contributed by atoms with Crippen LogP contribution in [0, 0.1) is 18.3 Å². The number of ketones is 3. The SMILES string of the molecule is COC1=C(C)C(=O)C2=C(C1=O)C1[C@@H]3Cc4c(OC(=O)CO)c(C)c(CO)c(O)c4[C@H](CNC(=O)C(C)=O)N3[C@@H](C#N)[C@@H](C2)N1C. The van der Waals surface area contributed by atoms with Gasteiger partial charge in [0.05, 0.1) is 31.9 Å². The normalized spacial score (nSPS) is 26.0. The number of likely N-dealkylation sites (N-methyl/N-ethyl adjacent to an activating group) is 1. The minimum absolute atomic E-state index is 0.0101. The predicted molar refractivity (Wildman–Crippen MR) is 153 cm³/mol. The van der Waals surface area contributed by atoms with Gasteiger partial charge >= 0.3 is 5.97 Å². The van der Waals surface area contributed by atoms with Gasteiger partial charge in [0.15, 0.2) is 11.5 Å². The fourth-order valence-corrected chi connectivity index (χ4v) is 7.45. The molecule has 238 valence electrons. The van der Waals surface area contributed by atoms with E-state index in [9.17, 15) is 44.6 Å². The number of hydrogen-bond donors (Lipinski definition) is 4. The molecule has 1 amide bonds. The summed E-state index contributed by atoms with van der Waals surface area (Å²) in [6.45, 7) is 2.23. The van der Waals surface area contributed by atoms with Crippen molar-refractivity contribution >= 4 is 29.2 Å². The molecule has 5 atom stereocenters. The first-order chi connectivity index (χ1) is 21.3. The second-order valence-corrected chi connectivity index (χ2v) is 11.6. The van der Waals surface area contributed by atoms with Crippen LogP contribution < -0.4 is 10.1 Å². The number of Topliss-reactive ketones (excluding diaryl/α,β-unsaturated/α-hetero) is 3. The lowest BCUT2D eigenvalue weighted by Crippen LogP contribution is -2.72. The number of nitriles is 1. The highest BCUT2D eigenvalue weighted by atomic mass is 16.5. The number of methoxy groups -OCH3 is 1. The van der Waals surface area contributed by atoms with Gasteiger partial charge in [0, 0.05) is 64.5 Å². The van der Waals surface area contributed by atoms with E-state index in [0.717, 1.165) is 6.92 Å². The van der Waals surface area contributed by atoms with Crippen molar-refractivity contribution in [3.05, 3.63) is 44.7 Å². The summed E-state index contributed by atoms with van der Waals surface area (Å²) in [7, 11) is 3.06. The molecule has 1 unspecified atom stereocenters. The number of phenols is 1. The van der Waals surface area contributed by atoms with Crippen molar-refractivity contribution in [1.29, 1.82) is 5.26 Å². The van der Waals surface area contributed by atoms with Crippen molar-refractivity contribution in [2.45, 2.75) is 70.4 Å². The number of ether oxygens (including phenoxy) is 2. The number of piperazine rings is 1. The van der Waals surface area contributed by atoms with Crippen molar-refractivity contribution in [2.24, 2.45) is 0 Å². The molecule has 1 aromatic rings. The van der Waals surface area contributed by atoms with E-state index in [2.05, 4.69) is 11.4 Å². The molecule has 1 aliphatic carbocycles. The Kier molecular flexibility index (Phi) is 8.41. The first kappa shape index (κ1) is 32.0. The number of aromatic hydroxyl groups is 1. The van der Waals surface area contributed by atoms with E-state index in [1.165, 1.54) is 21.0 Å². The molecule has 14 heteroatoms. The highest BCUT2D eigenvalue weighted by molar-refractivity contribution is 6.35. The van der Waals surface area contributed by atoms with Crippen LogP contribution in [-0.2, 0) is 41.7 Å². The number of benzene rings is 1. The van der Waals surface area contributed by atoms with Gasteiger partial charge < -0.3 is 30.1 Å². The van der Waals surface area contributed by atoms with E-state index in [1.54, 1.807) is 11.9 Å². The molecule has 5 rings (SSSR count). The Balaban J connectivity index is 1.79. The third-order valence-corrected chi connectivity index (χ3v) is 9.49. The number of esters is 1. The van der Waals surface area contributed by atoms with Gasteiger partial charge in [-0.2, -0.15) is 5.26 Å². The summed E-state index contributed by atoms with van der Waals surface area (Å²) < 4.78 is 10.9. The maximum Gasteiger partial charge on any atom is 0.337 e. The average molecular weight is 623 g/mol. The summed E-state index contributed by atoms with van der Waals surface area (Å²) >= 11 is 0. The number of nitrogens with zero attached hydrogens (tertiary/aromatic N) is 3. The van der Waals surface area contributed by atoms with Gasteiger partial charge in [-0.1, -0.05) is 0 Å². The highest BCUT2D eigenvalue weighted by Crippen LogP contribution is 2.53. The molecule has 4 aliphatic rings. The van der Waals surface area contributed by atoms with Crippen molar-refractivity contribution in [3.63, 3.8) is 0 Å². The number of nitrogens with one attached hydrogen (secondary N) is 1. The number of aliphatic hydroxyl groups excluding tert-OH is 2. The lowest BCUT2D eigenvalue weighted by Gasteiger charge is -2.60. The van der Waals surface area contributed by atoms with E-state index in [1.807, 2.05) is 4.90 Å². The van der Waals surface area contributed by atoms with Gasteiger partial charge in [-0.15, -0.1) is 0 Å². The Morgan fingerprint density at radius 3 is 2.38 bits per heavy atom. The monoisotopic (exact) mass is 622 g/mol. The van der Waals surface area contributed by atoms with Crippen LogP contribution in [0.2, 0.25) is 0 Å². The number of rotatable bonds is 7. The van der Waals surface area contributed by atoms with Crippen molar-refractivity contribution in [1.82, 2.24) is 15.1 Å². The quantitative estimate of drug-likeness (QED) is 0.130. The Morgan fingerprint density at radius 2 is 1.80 bits per heavy atom. The predicted octanol–water partition coefficient (Wildman–Crippen LogP) is -0.589. The Hall–Kier alpha value is -4.42. The maximum absolute atomic E-state index is 13.9. The summed E-state index contributed by atoms with van der Waals surface area (Å²) in [4.78, 5) is 67.8. The molecular formula is C31H34N4O10. The van der Waals surface area contributed by atoms with Gasteiger partial charge in [0.1, 0.15) is 24.1 Å². The summed E-state index contributed by atoms with van der Waals surface area (Å²) in [6, 6.07) is -1.75. The average Bonchev–Trinajstić information content (AvgIpc) is 3.00. The van der Waals surface area contributed by atoms with E-state index in [4.69, 9.17) is 9.47 Å². The van der Waals surface area contributed by atoms with Crippen LogP contribution in [0.15, 0.2) is 22.5 Å². The Morgan fingerprint density at radius 1 is 1.11 bits per heavy atom. The largest absolute Gasteiger partial charge is 0.507 e. The van der Waals surface area contributed by atoms with Gasteiger partial charge in [0.25, 0.3) is 5.91 Å². The van der Waals surface area contributed by atoms with Crippen LogP contribution in [0.3, 0.4) is 0 Å². The molecule has 0 spiro atoms. The lowest BCUT2D eigenvalue weighted by atomic mass is 9.68. The van der Waals surface area contributed by atoms with Crippen LogP contribution in [0.5, 0.6) is 11.5 Å². The van der Waals surface area contributed by atoms with Crippen LogP contribution in [0.4, 0.5) is 0 Å². The number of aliphatic hydroxyl groups is 2. The van der Waals surface area contributed by atoms with Crippen LogP contribution in [-0.4, -0.2) is 106 Å². The summed E-state index contributed by atoms with van der Waals surface area (Å²) in [5, 5.41) is 44.4. The molecule has 4 N–H and O–H groups in total. The Bertz CT molecular complexity index is 1650. The van der Waals surface area contributed by atoms with Crippen LogP contribution in [0.25, 0.3) is 0 Å². The molecule has 45 heavy (non-hydrogen) atoms. The summed E-state index contributed by atoms with van der Waals surface area (Å²) in [5.74, 6) is -3.97. The van der Waals surface area contributed by atoms with Crippen molar-refractivity contribution in [2.75, 3.05) is 27.3 Å². The van der Waals surface area contributed by atoms with Crippen LogP contribution in [0.1, 0.15) is 48.6 Å². The lowest BCUT2D eigenvalue weighted by molar-refractivity contribution is -0.137. The molecule has 3 aliphatic heterocycles. The molecule has 14 nitrogen and oxygen atoms in total. The molecule has 3 heterocycles. The number of carbonyl (C=O) groups excluding carboxylic acids is 5. The summed E-state index contributed by atoms with van der Waals surface area (Å²) in [5.41, 5.74) is 1.37. The molecule has 0 saturated carbocycles. The Labute approximate surface area is 258 Å². The number of allylic oxidation sites excluding steroid dienone is 2. The van der Waals surface area contributed by atoms with Crippen molar-refractivity contribution in [3.8, 4) is 17.6 Å². The highest BCUT2D eigenvalue weighted by Gasteiger charge is 2.58. The zero-order valence-electron chi connectivity index (χ0n) is 25.5.